The summed E-state index contributed by atoms with van der Waals surface area (Å²) in [5.74, 6) is -0.369. The maximum Gasteiger partial charge on any atom is 0.248 e. The summed E-state index contributed by atoms with van der Waals surface area (Å²) < 4.78 is 0. The first-order valence-corrected chi connectivity index (χ1v) is 4.77. The first-order chi connectivity index (χ1) is 6.74. The molecule has 1 amide bonds. The molecular weight excluding hydrogens is 176 g/mol. The number of hydrogen-bond donors (Lipinski definition) is 2. The second-order valence-electron chi connectivity index (χ2n) is 3.27. The summed E-state index contributed by atoms with van der Waals surface area (Å²) >= 11 is 0. The van der Waals surface area contributed by atoms with Gasteiger partial charge in [-0.2, -0.15) is 0 Å². The van der Waals surface area contributed by atoms with E-state index in [0.29, 0.717) is 5.56 Å². The fraction of sp³-hybridized carbons (Fsp3) is 0.364. The molecule has 0 saturated heterocycles. The van der Waals surface area contributed by atoms with Crippen molar-refractivity contribution in [3.63, 3.8) is 0 Å². The van der Waals surface area contributed by atoms with E-state index in [9.17, 15) is 4.79 Å². The van der Waals surface area contributed by atoms with E-state index < -0.39 is 0 Å². The topological polar surface area (TPSA) is 55.1 Å². The highest BCUT2D eigenvalue weighted by atomic mass is 16.1. The van der Waals surface area contributed by atoms with Gasteiger partial charge < -0.3 is 11.1 Å². The van der Waals surface area contributed by atoms with Crippen molar-refractivity contribution >= 4 is 5.91 Å². The number of nitrogens with two attached hydrogens (primary N) is 1. The standard InChI is InChI=1S/C11H16N2O/c1-13-8-2-3-9-4-6-10(7-5-9)11(12)14/h4-7,13H,2-3,8H2,1H3,(H2,12,14). The average Bonchev–Trinajstić information content (AvgIpc) is 2.19. The van der Waals surface area contributed by atoms with Gasteiger partial charge in [0, 0.05) is 5.56 Å². The molecule has 3 heteroatoms. The van der Waals surface area contributed by atoms with E-state index >= 15 is 0 Å². The highest BCUT2D eigenvalue weighted by Crippen LogP contribution is 2.05. The number of benzene rings is 1. The fourth-order valence-corrected chi connectivity index (χ4v) is 1.30. The van der Waals surface area contributed by atoms with Gasteiger partial charge in [-0.05, 0) is 44.1 Å². The van der Waals surface area contributed by atoms with E-state index in [-0.39, 0.29) is 5.91 Å². The van der Waals surface area contributed by atoms with E-state index in [0.717, 1.165) is 19.4 Å². The highest BCUT2D eigenvalue weighted by Gasteiger charge is 1.99. The van der Waals surface area contributed by atoms with Crippen LogP contribution in [0.2, 0.25) is 0 Å². The Hall–Kier alpha value is -1.35. The molecule has 0 fully saturated rings. The molecule has 0 bridgehead atoms. The van der Waals surface area contributed by atoms with Crippen molar-refractivity contribution in [2.24, 2.45) is 5.73 Å². The molecule has 0 radical (unpaired) electrons. The normalized spacial score (nSPS) is 10.1. The molecule has 1 aromatic carbocycles. The molecule has 1 rings (SSSR count). The summed E-state index contributed by atoms with van der Waals surface area (Å²) in [6, 6.07) is 7.46. The van der Waals surface area contributed by atoms with Crippen LogP contribution in [0.1, 0.15) is 22.3 Å². The summed E-state index contributed by atoms with van der Waals surface area (Å²) in [7, 11) is 1.94. The summed E-state index contributed by atoms with van der Waals surface area (Å²) in [6.45, 7) is 1.01. The molecule has 0 saturated carbocycles. The van der Waals surface area contributed by atoms with Gasteiger partial charge in [-0.15, -0.1) is 0 Å². The second-order valence-corrected chi connectivity index (χ2v) is 3.27. The van der Waals surface area contributed by atoms with Crippen molar-refractivity contribution in [3.8, 4) is 0 Å². The molecule has 0 aliphatic heterocycles. The van der Waals surface area contributed by atoms with Gasteiger partial charge in [-0.1, -0.05) is 12.1 Å². The minimum atomic E-state index is -0.369. The third kappa shape index (κ3) is 3.18. The maximum absolute atomic E-state index is 10.8. The van der Waals surface area contributed by atoms with E-state index in [1.165, 1.54) is 5.56 Å². The van der Waals surface area contributed by atoms with E-state index in [4.69, 9.17) is 5.73 Å². The van der Waals surface area contributed by atoms with Crippen molar-refractivity contribution in [2.75, 3.05) is 13.6 Å². The average molecular weight is 192 g/mol. The molecule has 1 aromatic rings. The Morgan fingerprint density at radius 2 is 2.00 bits per heavy atom. The lowest BCUT2D eigenvalue weighted by Gasteiger charge is -2.01. The quantitative estimate of drug-likeness (QED) is 0.682. The zero-order valence-electron chi connectivity index (χ0n) is 8.42. The van der Waals surface area contributed by atoms with Gasteiger partial charge in [0.1, 0.15) is 0 Å². The molecule has 3 N–H and O–H groups in total. The molecule has 0 heterocycles. The number of nitrogens with one attached hydrogen (secondary N) is 1. The monoisotopic (exact) mass is 192 g/mol. The number of aryl methyl sites for hydroxylation is 1. The van der Waals surface area contributed by atoms with E-state index in [1.54, 1.807) is 12.1 Å². The lowest BCUT2D eigenvalue weighted by atomic mass is 10.1. The van der Waals surface area contributed by atoms with Crippen LogP contribution in [0.4, 0.5) is 0 Å². The largest absolute Gasteiger partial charge is 0.366 e. The van der Waals surface area contributed by atoms with Crippen LogP contribution >= 0.6 is 0 Å². The van der Waals surface area contributed by atoms with Crippen LogP contribution in [-0.4, -0.2) is 19.5 Å². The van der Waals surface area contributed by atoms with Crippen LogP contribution < -0.4 is 11.1 Å². The molecule has 0 aliphatic rings. The first kappa shape index (κ1) is 10.7. The van der Waals surface area contributed by atoms with Crippen LogP contribution in [0.25, 0.3) is 0 Å². The molecule has 0 unspecified atom stereocenters. The Morgan fingerprint density at radius 1 is 1.36 bits per heavy atom. The van der Waals surface area contributed by atoms with Gasteiger partial charge in [0.05, 0.1) is 0 Å². The summed E-state index contributed by atoms with van der Waals surface area (Å²) in [5.41, 5.74) is 6.95. The van der Waals surface area contributed by atoms with Gasteiger partial charge in [0.15, 0.2) is 0 Å². The predicted octanol–water partition coefficient (Wildman–Crippen LogP) is 0.937. The van der Waals surface area contributed by atoms with E-state index in [2.05, 4.69) is 5.32 Å². The Labute approximate surface area is 84.3 Å². The summed E-state index contributed by atoms with van der Waals surface area (Å²) in [6.07, 6.45) is 2.13. The Morgan fingerprint density at radius 3 is 2.50 bits per heavy atom. The highest BCUT2D eigenvalue weighted by molar-refractivity contribution is 5.92. The Bertz CT molecular complexity index is 293. The number of hydrogen-bond acceptors (Lipinski definition) is 2. The van der Waals surface area contributed by atoms with Crippen LogP contribution in [0.15, 0.2) is 24.3 Å². The summed E-state index contributed by atoms with van der Waals surface area (Å²) in [5, 5.41) is 3.09. The molecule has 0 spiro atoms. The van der Waals surface area contributed by atoms with Crippen molar-refractivity contribution < 1.29 is 4.79 Å². The minimum Gasteiger partial charge on any atom is -0.366 e. The van der Waals surface area contributed by atoms with Crippen LogP contribution in [0.5, 0.6) is 0 Å². The number of carbonyl (C=O) groups excluding carboxylic acids is 1. The molecule has 0 atom stereocenters. The van der Waals surface area contributed by atoms with Crippen LogP contribution in [0, 0.1) is 0 Å². The number of carbonyl (C=O) groups is 1. The van der Waals surface area contributed by atoms with Crippen molar-refractivity contribution in [3.05, 3.63) is 35.4 Å². The molecule has 14 heavy (non-hydrogen) atoms. The lowest BCUT2D eigenvalue weighted by Crippen LogP contribution is -2.11. The Kier molecular flexibility index (Phi) is 4.13. The molecule has 3 nitrogen and oxygen atoms in total. The first-order valence-electron chi connectivity index (χ1n) is 4.77. The molecule has 0 aliphatic carbocycles. The van der Waals surface area contributed by atoms with Crippen molar-refractivity contribution in [1.82, 2.24) is 5.32 Å². The third-order valence-electron chi connectivity index (χ3n) is 2.13. The van der Waals surface area contributed by atoms with Crippen molar-refractivity contribution in [2.45, 2.75) is 12.8 Å². The zero-order valence-corrected chi connectivity index (χ0v) is 8.42. The number of amides is 1. The number of rotatable bonds is 5. The zero-order chi connectivity index (χ0) is 10.4. The molecule has 76 valence electrons. The maximum atomic E-state index is 10.8. The van der Waals surface area contributed by atoms with Gasteiger partial charge in [0.2, 0.25) is 5.91 Å². The van der Waals surface area contributed by atoms with Gasteiger partial charge in [0.25, 0.3) is 0 Å². The van der Waals surface area contributed by atoms with E-state index in [1.807, 2.05) is 19.2 Å². The SMILES string of the molecule is CNCCCc1ccc(C(N)=O)cc1. The predicted molar refractivity (Wildman–Crippen MR) is 57.2 cm³/mol. The van der Waals surface area contributed by atoms with Gasteiger partial charge >= 0.3 is 0 Å². The van der Waals surface area contributed by atoms with Crippen LogP contribution in [-0.2, 0) is 6.42 Å². The van der Waals surface area contributed by atoms with Crippen molar-refractivity contribution in [1.29, 1.82) is 0 Å². The Balaban J connectivity index is 2.51. The second kappa shape index (κ2) is 5.40. The minimum absolute atomic E-state index is 0.369. The van der Waals surface area contributed by atoms with Crippen LogP contribution in [0.3, 0.4) is 0 Å². The molecule has 0 aromatic heterocycles. The number of primary amides is 1. The smallest absolute Gasteiger partial charge is 0.248 e. The molecular formula is C11H16N2O. The fourth-order valence-electron chi connectivity index (χ4n) is 1.30. The third-order valence-corrected chi connectivity index (χ3v) is 2.13. The lowest BCUT2D eigenvalue weighted by molar-refractivity contribution is 0.100. The summed E-state index contributed by atoms with van der Waals surface area (Å²) in [4.78, 5) is 10.8. The van der Waals surface area contributed by atoms with Gasteiger partial charge in [-0.3, -0.25) is 4.79 Å². The van der Waals surface area contributed by atoms with Gasteiger partial charge in [-0.25, -0.2) is 0 Å².